The van der Waals surface area contributed by atoms with E-state index in [1.807, 2.05) is 31.2 Å². The van der Waals surface area contributed by atoms with Gasteiger partial charge in [-0.05, 0) is 43.7 Å². The molecule has 2 aromatic rings. The molecule has 1 amide bonds. The molecule has 134 valence electrons. The Morgan fingerprint density at radius 2 is 1.72 bits per heavy atom. The number of hydrogen-bond acceptors (Lipinski definition) is 5. The van der Waals surface area contributed by atoms with E-state index in [-0.39, 0.29) is 16.4 Å². The van der Waals surface area contributed by atoms with Crippen molar-refractivity contribution in [3.8, 4) is 5.75 Å². The molecule has 2 rings (SSSR count). The maximum Gasteiger partial charge on any atom is 0.261 e. The molecule has 0 atom stereocenters. The number of hydrazine groups is 1. The second kappa shape index (κ2) is 8.37. The van der Waals surface area contributed by atoms with E-state index in [1.165, 1.54) is 24.9 Å². The van der Waals surface area contributed by atoms with Crippen molar-refractivity contribution in [3.05, 3.63) is 53.6 Å². The molecule has 0 fully saturated rings. The Balaban J connectivity index is 1.96. The molecule has 8 heteroatoms. The number of carbonyl (C=O) groups excluding carboxylic acids is 1. The fraction of sp³-hybridized carbons (Fsp3) is 0.235. The first-order valence-electron chi connectivity index (χ1n) is 7.46. The predicted octanol–water partition coefficient (Wildman–Crippen LogP) is 2.41. The highest BCUT2D eigenvalue weighted by Crippen LogP contribution is 2.24. The molecule has 0 aliphatic carbocycles. The fourth-order valence-corrected chi connectivity index (χ4v) is 3.81. The number of aryl methyl sites for hydroxylation is 2. The van der Waals surface area contributed by atoms with E-state index < -0.39 is 15.9 Å². The highest BCUT2D eigenvalue weighted by Gasteiger charge is 2.20. The zero-order valence-electron chi connectivity index (χ0n) is 14.2. The van der Waals surface area contributed by atoms with Gasteiger partial charge in [-0.1, -0.05) is 23.8 Å². The molecular formula is C17H20N2O4S2. The lowest BCUT2D eigenvalue weighted by atomic mass is 10.2. The summed E-state index contributed by atoms with van der Waals surface area (Å²) in [6.07, 6.45) is 0. The van der Waals surface area contributed by atoms with Gasteiger partial charge in [-0.3, -0.25) is 10.2 Å². The molecule has 6 nitrogen and oxygen atoms in total. The molecular weight excluding hydrogens is 360 g/mol. The van der Waals surface area contributed by atoms with Crippen molar-refractivity contribution in [1.82, 2.24) is 10.3 Å². The fourth-order valence-electron chi connectivity index (χ4n) is 1.99. The normalized spacial score (nSPS) is 11.2. The van der Waals surface area contributed by atoms with E-state index >= 15 is 0 Å². The van der Waals surface area contributed by atoms with Crippen LogP contribution in [0.25, 0.3) is 0 Å². The molecule has 0 aromatic heterocycles. The van der Waals surface area contributed by atoms with Crippen LogP contribution in [-0.2, 0) is 14.8 Å². The molecule has 25 heavy (non-hydrogen) atoms. The maximum atomic E-state index is 12.4. The zero-order chi connectivity index (χ0) is 18.4. The number of carbonyl (C=O) groups is 1. The Hall–Kier alpha value is -2.03. The molecule has 0 heterocycles. The van der Waals surface area contributed by atoms with Crippen LogP contribution in [0.5, 0.6) is 5.75 Å². The standard InChI is InChI=1S/C17H20N2O4S2/c1-12-4-7-14(8-5-12)24-11-17(20)18-19-25(21,22)16-10-13(2)6-9-15(16)23-3/h4-10,19H,11H2,1-3H3,(H,18,20). The van der Waals surface area contributed by atoms with Crippen LogP contribution in [0, 0.1) is 13.8 Å². The summed E-state index contributed by atoms with van der Waals surface area (Å²) in [4.78, 5) is 14.9. The molecule has 0 spiro atoms. The molecule has 0 bridgehead atoms. The van der Waals surface area contributed by atoms with Crippen LogP contribution in [0.15, 0.2) is 52.3 Å². The van der Waals surface area contributed by atoms with E-state index in [1.54, 1.807) is 19.1 Å². The Kier molecular flexibility index (Phi) is 6.46. The van der Waals surface area contributed by atoms with Gasteiger partial charge in [0.1, 0.15) is 10.6 Å². The van der Waals surface area contributed by atoms with E-state index in [2.05, 4.69) is 10.3 Å². The lowest BCUT2D eigenvalue weighted by Gasteiger charge is -2.12. The molecule has 2 N–H and O–H groups in total. The maximum absolute atomic E-state index is 12.4. The van der Waals surface area contributed by atoms with Crippen LogP contribution >= 0.6 is 11.8 Å². The number of methoxy groups -OCH3 is 1. The zero-order valence-corrected chi connectivity index (χ0v) is 15.8. The first kappa shape index (κ1) is 19.3. The van der Waals surface area contributed by atoms with E-state index in [4.69, 9.17) is 4.74 Å². The van der Waals surface area contributed by atoms with Gasteiger partial charge in [-0.2, -0.15) is 0 Å². The van der Waals surface area contributed by atoms with Crippen molar-refractivity contribution in [1.29, 1.82) is 0 Å². The van der Waals surface area contributed by atoms with Crippen LogP contribution in [0.2, 0.25) is 0 Å². The minimum atomic E-state index is -3.93. The van der Waals surface area contributed by atoms with E-state index in [0.29, 0.717) is 0 Å². The molecule has 2 aromatic carbocycles. The number of ether oxygens (including phenoxy) is 1. The minimum Gasteiger partial charge on any atom is -0.495 e. The largest absolute Gasteiger partial charge is 0.495 e. The van der Waals surface area contributed by atoms with Gasteiger partial charge < -0.3 is 4.74 Å². The van der Waals surface area contributed by atoms with Crippen molar-refractivity contribution in [2.24, 2.45) is 0 Å². The van der Waals surface area contributed by atoms with Crippen LogP contribution < -0.4 is 15.0 Å². The molecule has 0 saturated carbocycles. The van der Waals surface area contributed by atoms with Crippen LogP contribution in [0.4, 0.5) is 0 Å². The third-order valence-electron chi connectivity index (χ3n) is 3.32. The predicted molar refractivity (Wildman–Crippen MR) is 98.1 cm³/mol. The van der Waals surface area contributed by atoms with Crippen molar-refractivity contribution in [2.45, 2.75) is 23.6 Å². The number of benzene rings is 2. The smallest absolute Gasteiger partial charge is 0.261 e. The summed E-state index contributed by atoms with van der Waals surface area (Å²) in [6.45, 7) is 3.75. The summed E-state index contributed by atoms with van der Waals surface area (Å²) in [5.74, 6) is -0.140. The summed E-state index contributed by atoms with van der Waals surface area (Å²) in [7, 11) is -2.54. The Labute approximate surface area is 152 Å². The first-order chi connectivity index (χ1) is 11.8. The van der Waals surface area contributed by atoms with E-state index in [0.717, 1.165) is 16.0 Å². The SMILES string of the molecule is COc1ccc(C)cc1S(=O)(=O)NNC(=O)CSc1ccc(C)cc1. The first-order valence-corrected chi connectivity index (χ1v) is 9.93. The molecule has 0 saturated heterocycles. The number of amides is 1. The second-order valence-corrected chi connectivity index (χ2v) is 8.11. The number of sulfonamides is 1. The molecule has 0 radical (unpaired) electrons. The number of rotatable bonds is 7. The van der Waals surface area contributed by atoms with Crippen molar-refractivity contribution >= 4 is 27.7 Å². The number of nitrogens with one attached hydrogen (secondary N) is 2. The topological polar surface area (TPSA) is 84.5 Å². The summed E-state index contributed by atoms with van der Waals surface area (Å²) < 4.78 is 29.8. The Bertz CT molecular complexity index is 849. The third kappa shape index (κ3) is 5.48. The van der Waals surface area contributed by atoms with Gasteiger partial charge in [0.2, 0.25) is 5.91 Å². The molecule has 0 aliphatic heterocycles. The van der Waals surface area contributed by atoms with Gasteiger partial charge >= 0.3 is 0 Å². The summed E-state index contributed by atoms with van der Waals surface area (Å²) >= 11 is 1.32. The van der Waals surface area contributed by atoms with Gasteiger partial charge in [0.05, 0.1) is 12.9 Å². The van der Waals surface area contributed by atoms with E-state index in [9.17, 15) is 13.2 Å². The lowest BCUT2D eigenvalue weighted by molar-refractivity contribution is -0.119. The summed E-state index contributed by atoms with van der Waals surface area (Å²) in [5.41, 5.74) is 4.12. The number of hydrogen-bond donors (Lipinski definition) is 2. The van der Waals surface area contributed by atoms with Crippen molar-refractivity contribution in [2.75, 3.05) is 12.9 Å². The van der Waals surface area contributed by atoms with Crippen molar-refractivity contribution in [3.63, 3.8) is 0 Å². The summed E-state index contributed by atoms with van der Waals surface area (Å²) in [6, 6.07) is 12.5. The number of thioether (sulfide) groups is 1. The van der Waals surface area contributed by atoms with Gasteiger partial charge in [-0.25, -0.2) is 8.42 Å². The molecule has 0 aliphatic rings. The Morgan fingerprint density at radius 1 is 1.08 bits per heavy atom. The third-order valence-corrected chi connectivity index (χ3v) is 5.61. The monoisotopic (exact) mass is 380 g/mol. The summed E-state index contributed by atoms with van der Waals surface area (Å²) in [5, 5.41) is 0. The average Bonchev–Trinajstić information content (AvgIpc) is 2.59. The van der Waals surface area contributed by atoms with Gasteiger partial charge in [0.15, 0.2) is 0 Å². The van der Waals surface area contributed by atoms with Gasteiger partial charge in [0.25, 0.3) is 10.0 Å². The quantitative estimate of drug-likeness (QED) is 0.569. The van der Waals surface area contributed by atoms with Crippen molar-refractivity contribution < 1.29 is 17.9 Å². The highest BCUT2D eigenvalue weighted by atomic mass is 32.2. The average molecular weight is 380 g/mol. The minimum absolute atomic E-state index is 0.0264. The Morgan fingerprint density at radius 3 is 2.36 bits per heavy atom. The van der Waals surface area contributed by atoms with Gasteiger partial charge in [0, 0.05) is 4.90 Å². The van der Waals surface area contributed by atoms with Crippen LogP contribution in [-0.4, -0.2) is 27.2 Å². The second-order valence-electron chi connectivity index (χ2n) is 5.41. The lowest BCUT2D eigenvalue weighted by Crippen LogP contribution is -2.42. The molecule has 0 unspecified atom stereocenters. The van der Waals surface area contributed by atoms with Crippen LogP contribution in [0.3, 0.4) is 0 Å². The van der Waals surface area contributed by atoms with Crippen LogP contribution in [0.1, 0.15) is 11.1 Å². The van der Waals surface area contributed by atoms with Gasteiger partial charge in [-0.15, -0.1) is 16.6 Å². The highest BCUT2D eigenvalue weighted by molar-refractivity contribution is 8.00.